The fourth-order valence-corrected chi connectivity index (χ4v) is 4.33. The molecular weight excluding hydrogens is 302 g/mol. The Bertz CT molecular complexity index is 549. The largest absolute Gasteiger partial charge is 0.466 e. The molecule has 1 unspecified atom stereocenters. The zero-order chi connectivity index (χ0) is 17.0. The highest BCUT2D eigenvalue weighted by Crippen LogP contribution is 2.38. The summed E-state index contributed by atoms with van der Waals surface area (Å²) in [4.78, 5) is 15.2. The maximum Gasteiger partial charge on any atom is 0.313 e. The highest BCUT2D eigenvalue weighted by Gasteiger charge is 2.45. The van der Waals surface area contributed by atoms with E-state index in [1.165, 1.54) is 11.1 Å². The third-order valence-electron chi connectivity index (χ3n) is 5.65. The maximum absolute atomic E-state index is 12.7. The lowest BCUT2D eigenvalue weighted by molar-refractivity contribution is -0.161. The second-order valence-electron chi connectivity index (χ2n) is 7.15. The monoisotopic (exact) mass is 331 g/mol. The van der Waals surface area contributed by atoms with Gasteiger partial charge in [-0.15, -0.1) is 0 Å². The lowest BCUT2D eigenvalue weighted by Gasteiger charge is -2.43. The van der Waals surface area contributed by atoms with Crippen LogP contribution in [-0.2, 0) is 27.1 Å². The first kappa shape index (κ1) is 17.4. The van der Waals surface area contributed by atoms with Gasteiger partial charge in [0, 0.05) is 26.3 Å². The van der Waals surface area contributed by atoms with Gasteiger partial charge in [0.2, 0.25) is 0 Å². The summed E-state index contributed by atoms with van der Waals surface area (Å²) in [6, 6.07) is 9.24. The zero-order valence-electron chi connectivity index (χ0n) is 14.9. The summed E-state index contributed by atoms with van der Waals surface area (Å²) < 4.78 is 10.7. The molecule has 0 N–H and O–H groups in total. The van der Waals surface area contributed by atoms with E-state index in [4.69, 9.17) is 9.47 Å². The van der Waals surface area contributed by atoms with E-state index in [-0.39, 0.29) is 5.97 Å². The van der Waals surface area contributed by atoms with Crippen molar-refractivity contribution in [3.63, 3.8) is 0 Å². The molecule has 1 aliphatic carbocycles. The molecule has 132 valence electrons. The number of nitrogens with zero attached hydrogens (tertiary/aromatic N) is 1. The normalized spacial score (nSPS) is 24.8. The zero-order valence-corrected chi connectivity index (χ0v) is 14.9. The average molecular weight is 331 g/mol. The summed E-state index contributed by atoms with van der Waals surface area (Å²) in [6.07, 6.45) is 4.90. The number of carbonyl (C=O) groups excluding carboxylic acids is 1. The SMILES string of the molecule is CCOC(=O)C1(CCOC)CCCN(C2Cc3ccccc3C2)C1. The third kappa shape index (κ3) is 3.50. The van der Waals surface area contributed by atoms with E-state index in [0.29, 0.717) is 19.3 Å². The predicted octanol–water partition coefficient (Wildman–Crippen LogP) is 2.84. The van der Waals surface area contributed by atoms with Crippen LogP contribution in [0.5, 0.6) is 0 Å². The molecule has 1 atom stereocenters. The van der Waals surface area contributed by atoms with Gasteiger partial charge in [0.15, 0.2) is 0 Å². The number of ether oxygens (including phenoxy) is 2. The molecule has 4 heteroatoms. The van der Waals surface area contributed by atoms with Crippen molar-refractivity contribution in [1.29, 1.82) is 0 Å². The molecule has 0 bridgehead atoms. The summed E-state index contributed by atoms with van der Waals surface area (Å²) >= 11 is 0. The van der Waals surface area contributed by atoms with E-state index in [2.05, 4.69) is 29.2 Å². The number of carbonyl (C=O) groups is 1. The number of hydrogen-bond acceptors (Lipinski definition) is 4. The van der Waals surface area contributed by atoms with Crippen LogP contribution in [0, 0.1) is 5.41 Å². The first-order chi connectivity index (χ1) is 11.7. The van der Waals surface area contributed by atoms with E-state index in [1.54, 1.807) is 7.11 Å². The van der Waals surface area contributed by atoms with Crippen molar-refractivity contribution in [1.82, 2.24) is 4.90 Å². The lowest BCUT2D eigenvalue weighted by atomic mass is 9.76. The van der Waals surface area contributed by atoms with Gasteiger partial charge in [-0.2, -0.15) is 0 Å². The number of benzene rings is 1. The van der Waals surface area contributed by atoms with Crippen molar-refractivity contribution in [3.8, 4) is 0 Å². The Balaban J connectivity index is 1.73. The Hall–Kier alpha value is -1.39. The molecule has 0 amide bonds. The number of piperidine rings is 1. The maximum atomic E-state index is 12.7. The van der Waals surface area contributed by atoms with Crippen molar-refractivity contribution >= 4 is 5.97 Å². The summed E-state index contributed by atoms with van der Waals surface area (Å²) in [6.45, 7) is 4.82. The molecule has 1 saturated heterocycles. The highest BCUT2D eigenvalue weighted by atomic mass is 16.5. The van der Waals surface area contributed by atoms with E-state index in [0.717, 1.165) is 45.2 Å². The third-order valence-corrected chi connectivity index (χ3v) is 5.65. The molecular formula is C20H29NO3. The van der Waals surface area contributed by atoms with Gasteiger partial charge in [-0.3, -0.25) is 9.69 Å². The van der Waals surface area contributed by atoms with E-state index >= 15 is 0 Å². The van der Waals surface area contributed by atoms with Crippen LogP contribution in [0.25, 0.3) is 0 Å². The van der Waals surface area contributed by atoms with Crippen LogP contribution in [0.1, 0.15) is 37.3 Å². The van der Waals surface area contributed by atoms with Crippen molar-refractivity contribution in [3.05, 3.63) is 35.4 Å². The molecule has 1 aliphatic heterocycles. The molecule has 1 fully saturated rings. The van der Waals surface area contributed by atoms with Gasteiger partial charge >= 0.3 is 5.97 Å². The Morgan fingerprint density at radius 2 is 2.00 bits per heavy atom. The standard InChI is InChI=1S/C20H29NO3/c1-3-24-19(22)20(10-12-23-2)9-6-11-21(15-20)18-13-16-7-4-5-8-17(16)14-18/h4-5,7-8,18H,3,6,9-15H2,1-2H3. The van der Waals surface area contributed by atoms with E-state index < -0.39 is 5.41 Å². The first-order valence-electron chi connectivity index (χ1n) is 9.15. The van der Waals surface area contributed by atoms with Crippen LogP contribution in [0.4, 0.5) is 0 Å². The fraction of sp³-hybridized carbons (Fsp3) is 0.650. The molecule has 1 heterocycles. The van der Waals surface area contributed by atoms with Crippen LogP contribution in [0.3, 0.4) is 0 Å². The molecule has 4 nitrogen and oxygen atoms in total. The Labute approximate surface area is 145 Å². The van der Waals surface area contributed by atoms with Crippen LogP contribution in [-0.4, -0.2) is 50.3 Å². The number of fused-ring (bicyclic) bond motifs is 1. The molecule has 0 aromatic heterocycles. The number of rotatable bonds is 6. The molecule has 0 saturated carbocycles. The molecule has 0 spiro atoms. The molecule has 3 rings (SSSR count). The Morgan fingerprint density at radius 3 is 2.62 bits per heavy atom. The summed E-state index contributed by atoms with van der Waals surface area (Å²) in [5.41, 5.74) is 2.53. The summed E-state index contributed by atoms with van der Waals surface area (Å²) in [5, 5.41) is 0. The molecule has 0 radical (unpaired) electrons. The minimum Gasteiger partial charge on any atom is -0.466 e. The number of hydrogen-bond donors (Lipinski definition) is 0. The average Bonchev–Trinajstić information content (AvgIpc) is 3.04. The van der Waals surface area contributed by atoms with Crippen molar-refractivity contribution in [2.45, 2.75) is 45.1 Å². The van der Waals surface area contributed by atoms with Gasteiger partial charge < -0.3 is 9.47 Å². The number of esters is 1. The first-order valence-corrected chi connectivity index (χ1v) is 9.15. The van der Waals surface area contributed by atoms with Crippen LogP contribution < -0.4 is 0 Å². The van der Waals surface area contributed by atoms with Gasteiger partial charge in [0.05, 0.1) is 12.0 Å². The molecule has 2 aliphatic rings. The second kappa shape index (κ2) is 7.66. The topological polar surface area (TPSA) is 38.8 Å². The lowest BCUT2D eigenvalue weighted by Crippen LogP contribution is -2.52. The van der Waals surface area contributed by atoms with Gasteiger partial charge in [-0.1, -0.05) is 24.3 Å². The molecule has 24 heavy (non-hydrogen) atoms. The van der Waals surface area contributed by atoms with Crippen LogP contribution in [0.15, 0.2) is 24.3 Å². The van der Waals surface area contributed by atoms with Crippen molar-refractivity contribution in [2.24, 2.45) is 5.41 Å². The Kier molecular flexibility index (Phi) is 5.57. The second-order valence-corrected chi connectivity index (χ2v) is 7.15. The van der Waals surface area contributed by atoms with Crippen LogP contribution in [0.2, 0.25) is 0 Å². The van der Waals surface area contributed by atoms with E-state index in [9.17, 15) is 4.79 Å². The number of likely N-dealkylation sites (tertiary alicyclic amines) is 1. The predicted molar refractivity (Wildman–Crippen MR) is 94.0 cm³/mol. The number of methoxy groups -OCH3 is 1. The summed E-state index contributed by atoms with van der Waals surface area (Å²) in [5.74, 6) is -0.0396. The van der Waals surface area contributed by atoms with Gasteiger partial charge in [-0.25, -0.2) is 0 Å². The fourth-order valence-electron chi connectivity index (χ4n) is 4.33. The van der Waals surface area contributed by atoms with Gasteiger partial charge in [0.25, 0.3) is 0 Å². The summed E-state index contributed by atoms with van der Waals surface area (Å²) in [7, 11) is 1.70. The minimum atomic E-state index is -0.404. The van der Waals surface area contributed by atoms with Gasteiger partial charge in [-0.05, 0) is 56.7 Å². The smallest absolute Gasteiger partial charge is 0.313 e. The van der Waals surface area contributed by atoms with Gasteiger partial charge in [0.1, 0.15) is 0 Å². The highest BCUT2D eigenvalue weighted by molar-refractivity contribution is 5.77. The van der Waals surface area contributed by atoms with Crippen LogP contribution >= 0.6 is 0 Å². The van der Waals surface area contributed by atoms with E-state index in [1.807, 2.05) is 6.92 Å². The molecule has 1 aromatic rings. The molecule has 1 aromatic carbocycles. The minimum absolute atomic E-state index is 0.0396. The van der Waals surface area contributed by atoms with Crippen molar-refractivity contribution in [2.75, 3.05) is 33.4 Å². The Morgan fingerprint density at radius 1 is 1.29 bits per heavy atom. The van der Waals surface area contributed by atoms with Crippen molar-refractivity contribution < 1.29 is 14.3 Å². The quantitative estimate of drug-likeness (QED) is 0.752.